The van der Waals surface area contributed by atoms with E-state index in [9.17, 15) is 5.11 Å². The second-order valence-corrected chi connectivity index (χ2v) is 8.31. The van der Waals surface area contributed by atoms with Crippen molar-refractivity contribution in [2.24, 2.45) is 0 Å². The lowest BCUT2D eigenvalue weighted by atomic mass is 10.1. The van der Waals surface area contributed by atoms with Crippen molar-refractivity contribution in [3.63, 3.8) is 0 Å². The zero-order chi connectivity index (χ0) is 21.5. The zero-order valence-corrected chi connectivity index (χ0v) is 18.3. The van der Waals surface area contributed by atoms with Crippen LogP contribution in [0.4, 0.5) is 11.6 Å². The second-order valence-electron chi connectivity index (χ2n) is 7.22. The van der Waals surface area contributed by atoms with Crippen LogP contribution in [0.5, 0.6) is 5.75 Å². The summed E-state index contributed by atoms with van der Waals surface area (Å²) in [4.78, 5) is 10.7. The minimum Gasteiger partial charge on any atom is -0.508 e. The average Bonchev–Trinajstić information content (AvgIpc) is 3.07. The fraction of sp³-hybridized carbons (Fsp3) is 0.250. The third kappa shape index (κ3) is 5.62. The van der Waals surface area contributed by atoms with Crippen LogP contribution in [0.25, 0.3) is 17.5 Å². The van der Waals surface area contributed by atoms with Crippen molar-refractivity contribution in [1.82, 2.24) is 9.97 Å². The highest BCUT2D eigenvalue weighted by molar-refractivity contribution is 7.10. The molecule has 0 aliphatic heterocycles. The number of allylic oxidation sites excluding steroid dienone is 1. The Hall–Kier alpha value is -3.30. The number of hydrogen-bond acceptors (Lipinski definition) is 6. The van der Waals surface area contributed by atoms with E-state index in [2.05, 4.69) is 42.7 Å². The van der Waals surface area contributed by atoms with Crippen molar-refractivity contribution in [2.75, 3.05) is 17.2 Å². The largest absolute Gasteiger partial charge is 0.508 e. The van der Waals surface area contributed by atoms with Gasteiger partial charge in [0.1, 0.15) is 17.4 Å². The average molecular weight is 419 g/mol. The summed E-state index contributed by atoms with van der Waals surface area (Å²) in [6, 6.07) is 9.43. The molecule has 0 fully saturated rings. The van der Waals surface area contributed by atoms with Crippen LogP contribution in [0.15, 0.2) is 41.8 Å². The lowest BCUT2D eigenvalue weighted by molar-refractivity contribution is 0.475. The van der Waals surface area contributed by atoms with Crippen LogP contribution in [-0.2, 0) is 6.42 Å². The number of nitrogens with one attached hydrogen (secondary N) is 2. The van der Waals surface area contributed by atoms with Crippen LogP contribution in [0.2, 0.25) is 0 Å². The maximum absolute atomic E-state index is 9.43. The first-order chi connectivity index (χ1) is 14.5. The van der Waals surface area contributed by atoms with Crippen LogP contribution in [0.3, 0.4) is 0 Å². The number of phenolic OH excluding ortho intramolecular Hbond substituents is 1. The molecule has 0 aliphatic rings. The quantitative estimate of drug-likeness (QED) is 0.431. The molecule has 2 heterocycles. The van der Waals surface area contributed by atoms with Crippen molar-refractivity contribution in [3.8, 4) is 29.5 Å². The molecule has 3 rings (SSSR count). The third-order valence-corrected chi connectivity index (χ3v) is 5.36. The van der Waals surface area contributed by atoms with Crippen LogP contribution >= 0.6 is 11.3 Å². The summed E-state index contributed by atoms with van der Waals surface area (Å²) in [5.41, 5.74) is 3.16. The molecule has 30 heavy (non-hydrogen) atoms. The Morgan fingerprint density at radius 2 is 1.93 bits per heavy atom. The van der Waals surface area contributed by atoms with E-state index in [0.717, 1.165) is 41.3 Å². The van der Waals surface area contributed by atoms with E-state index >= 15 is 0 Å². The Bertz CT molecular complexity index is 1060. The Balaban J connectivity index is 1.86. The summed E-state index contributed by atoms with van der Waals surface area (Å²) >= 11 is 1.66. The lowest BCUT2D eigenvalue weighted by Gasteiger charge is -2.13. The number of terminal acetylenes is 1. The summed E-state index contributed by atoms with van der Waals surface area (Å²) in [5, 5.41) is 18.3. The van der Waals surface area contributed by atoms with Gasteiger partial charge in [-0.2, -0.15) is 0 Å². The molecule has 2 aromatic heterocycles. The monoisotopic (exact) mass is 418 g/mol. The minimum atomic E-state index is 0.252. The van der Waals surface area contributed by atoms with E-state index in [1.807, 2.05) is 24.3 Å². The highest BCUT2D eigenvalue weighted by Gasteiger charge is 2.14. The van der Waals surface area contributed by atoms with E-state index in [0.29, 0.717) is 5.82 Å². The van der Waals surface area contributed by atoms with E-state index in [1.165, 1.54) is 4.88 Å². The number of phenols is 1. The number of anilines is 2. The predicted molar refractivity (Wildman–Crippen MR) is 127 cm³/mol. The third-order valence-electron chi connectivity index (χ3n) is 4.43. The molecule has 1 aromatic carbocycles. The van der Waals surface area contributed by atoms with Crippen LogP contribution in [0.1, 0.15) is 29.9 Å². The number of nitrogens with zero attached hydrogens (tertiary/aromatic N) is 2. The molecule has 0 bridgehead atoms. The molecule has 154 valence electrons. The van der Waals surface area contributed by atoms with Gasteiger partial charge in [0.05, 0.1) is 0 Å². The molecule has 0 aliphatic carbocycles. The van der Waals surface area contributed by atoms with Crippen LogP contribution in [0, 0.1) is 19.3 Å². The van der Waals surface area contributed by atoms with Gasteiger partial charge in [-0.15, -0.1) is 17.8 Å². The molecule has 0 saturated carbocycles. The van der Waals surface area contributed by atoms with Gasteiger partial charge in [0.25, 0.3) is 0 Å². The maximum Gasteiger partial charge on any atom is 0.165 e. The van der Waals surface area contributed by atoms with Gasteiger partial charge >= 0.3 is 0 Å². The molecule has 0 amide bonds. The van der Waals surface area contributed by atoms with Crippen molar-refractivity contribution in [3.05, 3.63) is 57.8 Å². The van der Waals surface area contributed by atoms with Crippen LogP contribution < -0.4 is 10.6 Å². The molecular formula is C24H26N4OS. The topological polar surface area (TPSA) is 70.1 Å². The first-order valence-corrected chi connectivity index (χ1v) is 10.7. The molecule has 5 nitrogen and oxygen atoms in total. The summed E-state index contributed by atoms with van der Waals surface area (Å²) in [6.07, 6.45) is 9.85. The van der Waals surface area contributed by atoms with Crippen molar-refractivity contribution < 1.29 is 5.11 Å². The van der Waals surface area contributed by atoms with Crippen molar-refractivity contribution in [1.29, 1.82) is 0 Å². The van der Waals surface area contributed by atoms with Gasteiger partial charge in [0.2, 0.25) is 0 Å². The van der Waals surface area contributed by atoms with E-state index in [-0.39, 0.29) is 11.8 Å². The lowest BCUT2D eigenvalue weighted by Crippen LogP contribution is -2.13. The molecule has 0 atom stereocenters. The Kier molecular flexibility index (Phi) is 7.10. The summed E-state index contributed by atoms with van der Waals surface area (Å²) in [6.45, 7) is 6.94. The van der Waals surface area contributed by atoms with Crippen molar-refractivity contribution in [2.45, 2.75) is 33.2 Å². The predicted octanol–water partition coefficient (Wildman–Crippen LogP) is 5.34. The Labute approximate surface area is 181 Å². The van der Waals surface area contributed by atoms with Gasteiger partial charge in [0, 0.05) is 34.5 Å². The molecule has 0 unspecified atom stereocenters. The highest BCUT2D eigenvalue weighted by atomic mass is 32.1. The number of aromatic hydroxyl groups is 1. The van der Waals surface area contributed by atoms with Gasteiger partial charge in [-0.3, -0.25) is 0 Å². The molecule has 6 heteroatoms. The standard InChI is InChI=1S/C24H26N4OS/c1-5-6-7-20-17(4)30-15-21(20)24-27-22(14-23(28-24)26-16(2)3)25-13-12-18-8-10-19(29)11-9-18/h1,6-11,14-16,29H,12-13H2,2-4H3,(H2,25,26,27,28)/b7-6-. The maximum atomic E-state index is 9.43. The SMILES string of the molecule is C#C/C=C\c1c(-c2nc(NCCc3ccc(O)cc3)cc(NC(C)C)n2)csc1C. The van der Waals surface area contributed by atoms with Gasteiger partial charge < -0.3 is 15.7 Å². The number of aryl methyl sites for hydroxylation is 1. The van der Waals surface area contributed by atoms with Gasteiger partial charge in [-0.25, -0.2) is 9.97 Å². The van der Waals surface area contributed by atoms with Gasteiger partial charge in [-0.05, 0) is 62.6 Å². The second kappa shape index (κ2) is 9.95. The summed E-state index contributed by atoms with van der Waals surface area (Å²) < 4.78 is 0. The number of hydrogen-bond donors (Lipinski definition) is 3. The molecule has 0 spiro atoms. The van der Waals surface area contributed by atoms with Crippen molar-refractivity contribution >= 4 is 29.0 Å². The summed E-state index contributed by atoms with van der Waals surface area (Å²) in [5.74, 6) is 5.02. The fourth-order valence-electron chi connectivity index (χ4n) is 3.00. The Morgan fingerprint density at radius 3 is 2.63 bits per heavy atom. The molecular weight excluding hydrogens is 392 g/mol. The molecule has 3 aromatic rings. The normalized spacial score (nSPS) is 11.0. The first-order valence-electron chi connectivity index (χ1n) is 9.85. The smallest absolute Gasteiger partial charge is 0.165 e. The highest BCUT2D eigenvalue weighted by Crippen LogP contribution is 2.32. The Morgan fingerprint density at radius 1 is 1.20 bits per heavy atom. The van der Waals surface area contributed by atoms with E-state index in [1.54, 1.807) is 29.5 Å². The molecule has 3 N–H and O–H groups in total. The van der Waals surface area contributed by atoms with Gasteiger partial charge in [0.15, 0.2) is 5.82 Å². The number of aromatic nitrogens is 2. The first kappa shape index (κ1) is 21.4. The minimum absolute atomic E-state index is 0.252. The van der Waals surface area contributed by atoms with Crippen LogP contribution in [-0.4, -0.2) is 27.7 Å². The number of rotatable bonds is 8. The number of benzene rings is 1. The molecule has 0 saturated heterocycles. The van der Waals surface area contributed by atoms with E-state index in [4.69, 9.17) is 16.4 Å². The zero-order valence-electron chi connectivity index (χ0n) is 17.4. The van der Waals surface area contributed by atoms with E-state index < -0.39 is 0 Å². The summed E-state index contributed by atoms with van der Waals surface area (Å²) in [7, 11) is 0. The molecule has 0 radical (unpaired) electrons. The number of thiophene rings is 1. The van der Waals surface area contributed by atoms with Gasteiger partial charge in [-0.1, -0.05) is 18.1 Å². The fourth-order valence-corrected chi connectivity index (χ4v) is 3.83.